The second kappa shape index (κ2) is 4.83. The first-order chi connectivity index (χ1) is 5.79. The molecule has 1 saturated heterocycles. The maximum atomic E-state index is 2.59. The molecule has 2 nitrogen and oxygen atoms in total. The monoisotopic (exact) mass is 170 g/mol. The highest BCUT2D eigenvalue weighted by Gasteiger charge is 2.25. The Morgan fingerprint density at radius 2 is 1.83 bits per heavy atom. The molecule has 1 atom stereocenters. The molecule has 72 valence electrons. The van der Waals surface area contributed by atoms with Crippen LogP contribution in [-0.4, -0.2) is 42.1 Å². The van der Waals surface area contributed by atoms with Crippen LogP contribution in [0.2, 0.25) is 0 Å². The van der Waals surface area contributed by atoms with Gasteiger partial charge in [-0.15, -0.1) is 0 Å². The predicted octanol–water partition coefficient (Wildman–Crippen LogP) is 1.77. The van der Waals surface area contributed by atoms with E-state index >= 15 is 0 Å². The number of hydrogen-bond acceptors (Lipinski definition) is 2. The van der Waals surface area contributed by atoms with E-state index in [9.17, 15) is 0 Å². The van der Waals surface area contributed by atoms with Crippen LogP contribution in [0.25, 0.3) is 0 Å². The summed E-state index contributed by atoms with van der Waals surface area (Å²) >= 11 is 0. The van der Waals surface area contributed by atoms with Gasteiger partial charge in [0.25, 0.3) is 0 Å². The first kappa shape index (κ1) is 10.0. The summed E-state index contributed by atoms with van der Waals surface area (Å²) in [5.41, 5.74) is 0. The quantitative estimate of drug-likeness (QED) is 0.634. The zero-order chi connectivity index (χ0) is 8.97. The van der Waals surface area contributed by atoms with Crippen LogP contribution in [0.3, 0.4) is 0 Å². The minimum Gasteiger partial charge on any atom is -0.287 e. The Morgan fingerprint density at radius 3 is 2.33 bits per heavy atom. The maximum Gasteiger partial charge on any atom is 0.0594 e. The van der Waals surface area contributed by atoms with Crippen molar-refractivity contribution in [2.45, 2.75) is 39.8 Å². The van der Waals surface area contributed by atoms with Crippen LogP contribution >= 0.6 is 0 Å². The van der Waals surface area contributed by atoms with Crippen LogP contribution in [0, 0.1) is 0 Å². The molecule has 0 bridgehead atoms. The molecule has 0 spiro atoms. The smallest absolute Gasteiger partial charge is 0.0594 e. The molecule has 2 heteroatoms. The molecule has 0 aromatic rings. The van der Waals surface area contributed by atoms with E-state index in [1.807, 2.05) is 0 Å². The van der Waals surface area contributed by atoms with E-state index in [1.54, 1.807) is 0 Å². The second-order valence-electron chi connectivity index (χ2n) is 3.65. The lowest BCUT2D eigenvalue weighted by Gasteiger charge is -2.25. The van der Waals surface area contributed by atoms with Crippen LogP contribution < -0.4 is 0 Å². The number of hydrogen-bond donors (Lipinski definition) is 0. The molecule has 0 N–H and O–H groups in total. The summed E-state index contributed by atoms with van der Waals surface area (Å²) in [6.07, 6.45) is 3.35. The van der Waals surface area contributed by atoms with Crippen molar-refractivity contribution in [3.63, 3.8) is 0 Å². The Bertz CT molecular complexity index is 125. The third-order valence-corrected chi connectivity index (χ3v) is 2.94. The van der Waals surface area contributed by atoms with Gasteiger partial charge in [0, 0.05) is 13.1 Å². The SMILES string of the molecule is CCCCN1CCN(CC)C1C. The molecule has 1 heterocycles. The lowest BCUT2D eigenvalue weighted by Crippen LogP contribution is -2.36. The fourth-order valence-electron chi connectivity index (χ4n) is 1.94. The highest BCUT2D eigenvalue weighted by molar-refractivity contribution is 4.77. The minimum atomic E-state index is 0.682. The minimum absolute atomic E-state index is 0.682. The average Bonchev–Trinajstić information content (AvgIpc) is 2.43. The number of rotatable bonds is 4. The summed E-state index contributed by atoms with van der Waals surface area (Å²) in [6, 6.07) is 0. The molecule has 0 radical (unpaired) electrons. The fourth-order valence-corrected chi connectivity index (χ4v) is 1.94. The zero-order valence-electron chi connectivity index (χ0n) is 8.71. The topological polar surface area (TPSA) is 6.48 Å². The molecule has 0 aromatic carbocycles. The number of unbranched alkanes of at least 4 members (excludes halogenated alkanes) is 1. The molecule has 0 aliphatic carbocycles. The standard InChI is InChI=1S/C10H22N2/c1-4-6-7-12-9-8-11(5-2)10(12)3/h10H,4-9H2,1-3H3. The van der Waals surface area contributed by atoms with Crippen LogP contribution in [0.4, 0.5) is 0 Å². The molecule has 0 aromatic heterocycles. The van der Waals surface area contributed by atoms with Crippen molar-refractivity contribution in [1.29, 1.82) is 0 Å². The van der Waals surface area contributed by atoms with Crippen molar-refractivity contribution < 1.29 is 0 Å². The maximum absolute atomic E-state index is 2.59. The summed E-state index contributed by atoms with van der Waals surface area (Å²) in [5.74, 6) is 0. The lowest BCUT2D eigenvalue weighted by atomic mass is 10.3. The van der Waals surface area contributed by atoms with Crippen molar-refractivity contribution >= 4 is 0 Å². The number of nitrogens with zero attached hydrogens (tertiary/aromatic N) is 2. The first-order valence-electron chi connectivity index (χ1n) is 5.27. The van der Waals surface area contributed by atoms with Gasteiger partial charge < -0.3 is 0 Å². The van der Waals surface area contributed by atoms with Crippen molar-refractivity contribution in [3.8, 4) is 0 Å². The molecule has 1 unspecified atom stereocenters. The fraction of sp³-hybridized carbons (Fsp3) is 1.00. The van der Waals surface area contributed by atoms with E-state index in [0.717, 1.165) is 0 Å². The summed E-state index contributed by atoms with van der Waals surface area (Å²) < 4.78 is 0. The van der Waals surface area contributed by atoms with Gasteiger partial charge in [0.05, 0.1) is 6.17 Å². The molecule has 1 rings (SSSR count). The molecule has 1 aliphatic rings. The predicted molar refractivity (Wildman–Crippen MR) is 53.2 cm³/mol. The Hall–Kier alpha value is -0.0800. The van der Waals surface area contributed by atoms with Crippen LogP contribution in [0.15, 0.2) is 0 Å². The largest absolute Gasteiger partial charge is 0.287 e. The van der Waals surface area contributed by atoms with E-state index in [2.05, 4.69) is 30.6 Å². The molecule has 12 heavy (non-hydrogen) atoms. The van der Waals surface area contributed by atoms with Gasteiger partial charge >= 0.3 is 0 Å². The molecular formula is C10H22N2. The second-order valence-corrected chi connectivity index (χ2v) is 3.65. The highest BCUT2D eigenvalue weighted by atomic mass is 15.4. The summed E-state index contributed by atoms with van der Waals surface area (Å²) in [5, 5.41) is 0. The summed E-state index contributed by atoms with van der Waals surface area (Å²) in [6.45, 7) is 11.9. The molecular weight excluding hydrogens is 148 g/mol. The van der Waals surface area contributed by atoms with Gasteiger partial charge in [-0.3, -0.25) is 9.80 Å². The summed E-state index contributed by atoms with van der Waals surface area (Å²) in [4.78, 5) is 5.13. The van der Waals surface area contributed by atoms with Crippen molar-refractivity contribution in [2.75, 3.05) is 26.2 Å². The third-order valence-electron chi connectivity index (χ3n) is 2.94. The average molecular weight is 170 g/mol. The van der Waals surface area contributed by atoms with Crippen LogP contribution in [0.1, 0.15) is 33.6 Å². The van der Waals surface area contributed by atoms with Gasteiger partial charge in [-0.05, 0) is 26.4 Å². The van der Waals surface area contributed by atoms with E-state index in [1.165, 1.54) is 39.0 Å². The Labute approximate surface area is 76.5 Å². The van der Waals surface area contributed by atoms with Crippen LogP contribution in [0.5, 0.6) is 0 Å². The highest BCUT2D eigenvalue weighted by Crippen LogP contribution is 2.13. The van der Waals surface area contributed by atoms with Gasteiger partial charge in [-0.25, -0.2) is 0 Å². The van der Waals surface area contributed by atoms with E-state index < -0.39 is 0 Å². The van der Waals surface area contributed by atoms with Gasteiger partial charge in [-0.1, -0.05) is 20.3 Å². The van der Waals surface area contributed by atoms with E-state index in [4.69, 9.17) is 0 Å². The Balaban J connectivity index is 2.28. The van der Waals surface area contributed by atoms with E-state index in [0.29, 0.717) is 6.17 Å². The van der Waals surface area contributed by atoms with Crippen molar-refractivity contribution in [1.82, 2.24) is 9.80 Å². The zero-order valence-corrected chi connectivity index (χ0v) is 8.71. The van der Waals surface area contributed by atoms with Crippen molar-refractivity contribution in [2.24, 2.45) is 0 Å². The van der Waals surface area contributed by atoms with Crippen molar-refractivity contribution in [3.05, 3.63) is 0 Å². The van der Waals surface area contributed by atoms with Crippen LogP contribution in [-0.2, 0) is 0 Å². The normalized spacial score (nSPS) is 26.8. The molecule has 0 amide bonds. The molecule has 1 fully saturated rings. The summed E-state index contributed by atoms with van der Waals surface area (Å²) in [7, 11) is 0. The van der Waals surface area contributed by atoms with Gasteiger partial charge in [0.15, 0.2) is 0 Å². The Kier molecular flexibility index (Phi) is 4.02. The number of likely N-dealkylation sites (N-methyl/N-ethyl adjacent to an activating group) is 1. The van der Waals surface area contributed by atoms with Gasteiger partial charge in [-0.2, -0.15) is 0 Å². The third kappa shape index (κ3) is 2.20. The van der Waals surface area contributed by atoms with Gasteiger partial charge in [0.1, 0.15) is 0 Å². The Morgan fingerprint density at radius 1 is 1.17 bits per heavy atom. The van der Waals surface area contributed by atoms with E-state index in [-0.39, 0.29) is 0 Å². The first-order valence-corrected chi connectivity index (χ1v) is 5.27. The lowest BCUT2D eigenvalue weighted by molar-refractivity contribution is 0.157. The molecule has 1 aliphatic heterocycles. The van der Waals surface area contributed by atoms with Gasteiger partial charge in [0.2, 0.25) is 0 Å². The molecule has 0 saturated carbocycles.